The number of fused-ring (bicyclic) bond motifs is 2. The highest BCUT2D eigenvalue weighted by Crippen LogP contribution is 2.33. The molecule has 0 N–H and O–H groups in total. The van der Waals surface area contributed by atoms with Crippen molar-refractivity contribution in [3.63, 3.8) is 0 Å². The highest BCUT2D eigenvalue weighted by atomic mass is 35.5. The number of imidazole rings is 1. The molecule has 2 aromatic heterocycles. The Labute approximate surface area is 207 Å². The molecule has 1 saturated heterocycles. The summed E-state index contributed by atoms with van der Waals surface area (Å²) in [4.78, 5) is 21.9. The average molecular weight is 496 g/mol. The summed E-state index contributed by atoms with van der Waals surface area (Å²) in [5.74, 6) is -0.410. The Hall–Kier alpha value is -3.01. The lowest BCUT2D eigenvalue weighted by Crippen LogP contribution is -2.47. The molecule has 1 aliphatic heterocycles. The monoisotopic (exact) mass is 495 g/mol. The molecule has 7 nitrogen and oxygen atoms in total. The quantitative estimate of drug-likeness (QED) is 0.304. The molecule has 180 valence electrons. The molecule has 0 aliphatic carbocycles. The van der Waals surface area contributed by atoms with Crippen LogP contribution in [0.25, 0.3) is 27.6 Å². The van der Waals surface area contributed by atoms with Crippen molar-refractivity contribution in [3.05, 3.63) is 58.8 Å². The van der Waals surface area contributed by atoms with Crippen LogP contribution in [-0.4, -0.2) is 47.4 Å². The van der Waals surface area contributed by atoms with Gasteiger partial charge in [0, 0.05) is 24.8 Å². The number of aryl methyl sites for hydroxylation is 1. The number of ether oxygens (including phenoxy) is 1. The second-order valence-corrected chi connectivity index (χ2v) is 9.76. The van der Waals surface area contributed by atoms with Crippen LogP contribution in [0, 0.1) is 18.2 Å². The normalized spacial score (nSPS) is 15.7. The Morgan fingerprint density at radius 3 is 2.69 bits per heavy atom. The number of hydrogen-bond donors (Lipinski definition) is 0. The van der Waals surface area contributed by atoms with Gasteiger partial charge in [-0.2, -0.15) is 0 Å². The zero-order valence-corrected chi connectivity index (χ0v) is 20.6. The Kier molecular flexibility index (Phi) is 6.03. The van der Waals surface area contributed by atoms with Gasteiger partial charge in [0.15, 0.2) is 0 Å². The number of nitrogens with zero attached hydrogens (tertiary/aromatic N) is 3. The van der Waals surface area contributed by atoms with E-state index in [1.807, 2.05) is 6.07 Å². The van der Waals surface area contributed by atoms with Gasteiger partial charge >= 0.3 is 13.1 Å². The summed E-state index contributed by atoms with van der Waals surface area (Å²) in [6.45, 7) is 8.87. The predicted octanol–water partition coefficient (Wildman–Crippen LogP) is 4.62. The SMILES string of the molecule is CCOC(=O)c1cc(B2OCC(C)(C)CO2)cc2c1nc(C)n2-c1ccnc2c(Cl)ccc(F)c12. The minimum absolute atomic E-state index is 0.115. The second-order valence-electron chi connectivity index (χ2n) is 9.35. The third kappa shape index (κ3) is 4.18. The summed E-state index contributed by atoms with van der Waals surface area (Å²) in [7, 11) is -0.662. The standard InChI is InChI=1S/C25H24BClFN3O4/c1-5-33-24(32)16-10-15(26-34-12-25(3,4)13-35-26)11-20-22(16)30-14(2)31(20)19-8-9-29-23-17(27)6-7-18(28)21(19)23/h6-11H,5,12-13H2,1-4H3. The minimum atomic E-state index is -0.662. The number of esters is 1. The third-order valence-electron chi connectivity index (χ3n) is 5.98. The van der Waals surface area contributed by atoms with E-state index in [4.69, 9.17) is 25.6 Å². The summed E-state index contributed by atoms with van der Waals surface area (Å²) in [6, 6.07) is 8.04. The van der Waals surface area contributed by atoms with Crippen molar-refractivity contribution in [1.82, 2.24) is 14.5 Å². The topological polar surface area (TPSA) is 75.5 Å². The lowest BCUT2D eigenvalue weighted by Gasteiger charge is -2.33. The number of hydrogen-bond acceptors (Lipinski definition) is 6. The summed E-state index contributed by atoms with van der Waals surface area (Å²) in [5.41, 5.74) is 2.70. The fourth-order valence-corrected chi connectivity index (χ4v) is 4.57. The molecule has 0 spiro atoms. The number of pyridine rings is 1. The fourth-order valence-electron chi connectivity index (χ4n) is 4.37. The van der Waals surface area contributed by atoms with Crippen LogP contribution >= 0.6 is 11.6 Å². The van der Waals surface area contributed by atoms with Crippen molar-refractivity contribution in [3.8, 4) is 5.69 Å². The van der Waals surface area contributed by atoms with Crippen molar-refractivity contribution >= 4 is 52.1 Å². The van der Waals surface area contributed by atoms with Crippen LogP contribution in [0.3, 0.4) is 0 Å². The van der Waals surface area contributed by atoms with Gasteiger partial charge in [-0.1, -0.05) is 25.4 Å². The second kappa shape index (κ2) is 8.89. The first-order valence-electron chi connectivity index (χ1n) is 11.4. The van der Waals surface area contributed by atoms with Gasteiger partial charge in [-0.15, -0.1) is 0 Å². The Morgan fingerprint density at radius 1 is 1.23 bits per heavy atom. The molecule has 3 heterocycles. The molecular weight excluding hydrogens is 472 g/mol. The Morgan fingerprint density at radius 2 is 1.97 bits per heavy atom. The summed E-state index contributed by atoms with van der Waals surface area (Å²) in [6.07, 6.45) is 1.57. The van der Waals surface area contributed by atoms with Crippen LogP contribution in [0.15, 0.2) is 36.5 Å². The van der Waals surface area contributed by atoms with Gasteiger partial charge in [-0.05, 0) is 49.6 Å². The van der Waals surface area contributed by atoms with Crippen LogP contribution in [0.4, 0.5) is 4.39 Å². The number of carbonyl (C=O) groups is 1. The van der Waals surface area contributed by atoms with E-state index in [1.165, 1.54) is 12.1 Å². The van der Waals surface area contributed by atoms with Crippen molar-refractivity contribution in [1.29, 1.82) is 0 Å². The molecule has 0 bridgehead atoms. The van der Waals surface area contributed by atoms with Crippen LogP contribution in [0.5, 0.6) is 0 Å². The Bertz CT molecular complexity index is 1460. The maximum absolute atomic E-state index is 15.1. The first-order chi connectivity index (χ1) is 16.7. The maximum Gasteiger partial charge on any atom is 0.494 e. The van der Waals surface area contributed by atoms with E-state index in [9.17, 15) is 4.79 Å². The van der Waals surface area contributed by atoms with Gasteiger partial charge in [0.2, 0.25) is 0 Å². The van der Waals surface area contributed by atoms with E-state index in [1.54, 1.807) is 36.7 Å². The molecule has 1 aliphatic rings. The molecule has 5 rings (SSSR count). The summed E-state index contributed by atoms with van der Waals surface area (Å²) in [5, 5.41) is 0.599. The smallest absolute Gasteiger partial charge is 0.462 e. The van der Waals surface area contributed by atoms with E-state index in [0.29, 0.717) is 51.8 Å². The van der Waals surface area contributed by atoms with Gasteiger partial charge in [0.05, 0.1) is 39.3 Å². The van der Waals surface area contributed by atoms with Gasteiger partial charge < -0.3 is 14.0 Å². The van der Waals surface area contributed by atoms with Crippen LogP contribution < -0.4 is 5.46 Å². The first-order valence-corrected chi connectivity index (χ1v) is 11.7. The molecule has 10 heteroatoms. The van der Waals surface area contributed by atoms with Crippen molar-refractivity contribution in [2.45, 2.75) is 27.7 Å². The third-order valence-corrected chi connectivity index (χ3v) is 6.28. The zero-order valence-electron chi connectivity index (χ0n) is 19.9. The van der Waals surface area contributed by atoms with E-state index >= 15 is 4.39 Å². The van der Waals surface area contributed by atoms with Gasteiger partial charge in [-0.3, -0.25) is 9.55 Å². The van der Waals surface area contributed by atoms with E-state index in [0.717, 1.165) is 0 Å². The van der Waals surface area contributed by atoms with Crippen LogP contribution in [-0.2, 0) is 14.0 Å². The molecule has 4 aromatic rings. The lowest BCUT2D eigenvalue weighted by atomic mass is 9.75. The van der Waals surface area contributed by atoms with E-state index < -0.39 is 18.9 Å². The average Bonchev–Trinajstić information content (AvgIpc) is 3.16. The number of aromatic nitrogens is 3. The predicted molar refractivity (Wildman–Crippen MR) is 133 cm³/mol. The van der Waals surface area contributed by atoms with E-state index in [-0.39, 0.29) is 23.0 Å². The van der Waals surface area contributed by atoms with Crippen molar-refractivity contribution in [2.24, 2.45) is 5.41 Å². The molecule has 35 heavy (non-hydrogen) atoms. The van der Waals surface area contributed by atoms with Gasteiger partial charge in [-0.25, -0.2) is 14.2 Å². The lowest BCUT2D eigenvalue weighted by molar-refractivity contribution is 0.0343. The molecule has 0 unspecified atom stereocenters. The highest BCUT2D eigenvalue weighted by molar-refractivity contribution is 6.62. The molecule has 0 atom stereocenters. The molecule has 0 radical (unpaired) electrons. The first kappa shape index (κ1) is 23.7. The van der Waals surface area contributed by atoms with E-state index in [2.05, 4.69) is 23.8 Å². The summed E-state index contributed by atoms with van der Waals surface area (Å²) < 4.78 is 34.1. The Balaban J connectivity index is 1.77. The maximum atomic E-state index is 15.1. The molecule has 0 amide bonds. The molecule has 1 fully saturated rings. The number of rotatable bonds is 4. The molecule has 0 saturated carbocycles. The van der Waals surface area contributed by atoms with Gasteiger partial charge in [0.1, 0.15) is 17.2 Å². The minimum Gasteiger partial charge on any atom is -0.462 e. The zero-order chi connectivity index (χ0) is 24.9. The highest BCUT2D eigenvalue weighted by Gasteiger charge is 2.35. The fraction of sp³-hybridized carbons (Fsp3) is 0.320. The van der Waals surface area contributed by atoms with Crippen LogP contribution in [0.2, 0.25) is 5.02 Å². The number of halogens is 2. The van der Waals surface area contributed by atoms with Crippen molar-refractivity contribution < 1.29 is 23.2 Å². The largest absolute Gasteiger partial charge is 0.494 e. The van der Waals surface area contributed by atoms with Gasteiger partial charge in [0.25, 0.3) is 0 Å². The molecule has 2 aromatic carbocycles. The number of carbonyl (C=O) groups excluding carboxylic acids is 1. The number of benzene rings is 2. The van der Waals surface area contributed by atoms with Crippen molar-refractivity contribution in [2.75, 3.05) is 19.8 Å². The molecular formula is C25H24BClFN3O4. The van der Waals surface area contributed by atoms with Crippen LogP contribution in [0.1, 0.15) is 37.0 Å². The summed E-state index contributed by atoms with van der Waals surface area (Å²) >= 11 is 6.32.